The average Bonchev–Trinajstić information content (AvgIpc) is 3.22. The Kier molecular flexibility index (Phi) is 6.94. The van der Waals surface area contributed by atoms with E-state index in [4.69, 9.17) is 5.73 Å². The molecule has 1 aromatic carbocycles. The number of hydrogen-bond donors (Lipinski definition) is 2. The lowest BCUT2D eigenvalue weighted by Crippen LogP contribution is -2.29. The smallest absolute Gasteiger partial charge is 0.267 e. The third-order valence-corrected chi connectivity index (χ3v) is 5.05. The highest BCUT2D eigenvalue weighted by Gasteiger charge is 2.22. The molecule has 0 bridgehead atoms. The lowest BCUT2D eigenvalue weighted by molar-refractivity contribution is -0.116. The molecule has 0 saturated carbocycles. The number of aromatic nitrogens is 3. The molecule has 0 radical (unpaired) electrons. The number of halogens is 1. The number of carbonyl (C=O) groups excluding carboxylic acids is 2. The molecule has 8 heteroatoms. The molecule has 0 saturated heterocycles. The van der Waals surface area contributed by atoms with E-state index in [1.807, 2.05) is 6.92 Å². The fourth-order valence-electron chi connectivity index (χ4n) is 3.41. The highest BCUT2D eigenvalue weighted by molar-refractivity contribution is 6.20. The molecule has 32 heavy (non-hydrogen) atoms. The maximum absolute atomic E-state index is 13.3. The van der Waals surface area contributed by atoms with Gasteiger partial charge < -0.3 is 11.1 Å². The van der Waals surface area contributed by atoms with Gasteiger partial charge >= 0.3 is 0 Å². The van der Waals surface area contributed by atoms with E-state index in [1.165, 1.54) is 18.3 Å². The van der Waals surface area contributed by atoms with Gasteiger partial charge in [0.05, 0.1) is 23.6 Å². The number of rotatable bonds is 8. The van der Waals surface area contributed by atoms with Crippen LogP contribution in [0.3, 0.4) is 0 Å². The predicted octanol–water partition coefficient (Wildman–Crippen LogP) is 3.82. The van der Waals surface area contributed by atoms with Gasteiger partial charge in [0.1, 0.15) is 11.5 Å². The molecule has 2 amide bonds. The molecule has 2 aromatic heterocycles. The molecule has 1 atom stereocenters. The standard InChI is InChI=1S/C24H24FN5O2/c1-4-18(19-14-28-30(22(19)6-3)17-9-7-16(25)8-10-17)24(32)29-20(5-2)15-11-12-27-21(13-15)23(26)31/h4,6-14,20H,3,5H2,1-2H3,(H2,26,31)(H,29,32)/b18-4+. The molecule has 0 aliphatic carbocycles. The number of allylic oxidation sites excluding steroid dienone is 1. The number of nitrogens with zero attached hydrogens (tertiary/aromatic N) is 3. The monoisotopic (exact) mass is 433 g/mol. The van der Waals surface area contributed by atoms with E-state index < -0.39 is 5.91 Å². The van der Waals surface area contributed by atoms with E-state index in [-0.39, 0.29) is 23.5 Å². The first-order valence-corrected chi connectivity index (χ1v) is 10.1. The van der Waals surface area contributed by atoms with E-state index in [1.54, 1.807) is 54.2 Å². The van der Waals surface area contributed by atoms with Crippen molar-refractivity contribution < 1.29 is 14.0 Å². The van der Waals surface area contributed by atoms with Crippen molar-refractivity contribution in [2.45, 2.75) is 26.3 Å². The summed E-state index contributed by atoms with van der Waals surface area (Å²) < 4.78 is 14.9. The predicted molar refractivity (Wildman–Crippen MR) is 121 cm³/mol. The number of benzene rings is 1. The van der Waals surface area contributed by atoms with Gasteiger partial charge in [-0.2, -0.15) is 5.10 Å². The Morgan fingerprint density at radius 2 is 2.00 bits per heavy atom. The maximum atomic E-state index is 13.3. The van der Waals surface area contributed by atoms with Crippen molar-refractivity contribution in [2.75, 3.05) is 0 Å². The van der Waals surface area contributed by atoms with Crippen molar-refractivity contribution in [3.05, 3.63) is 89.8 Å². The number of primary amides is 1. The van der Waals surface area contributed by atoms with Crippen LogP contribution in [0.25, 0.3) is 17.3 Å². The van der Waals surface area contributed by atoms with E-state index in [9.17, 15) is 14.0 Å². The molecule has 164 valence electrons. The van der Waals surface area contributed by atoms with Gasteiger partial charge in [-0.1, -0.05) is 19.6 Å². The second kappa shape index (κ2) is 9.82. The number of hydrogen-bond acceptors (Lipinski definition) is 4. The van der Waals surface area contributed by atoms with Crippen LogP contribution in [-0.4, -0.2) is 26.6 Å². The number of nitrogens with one attached hydrogen (secondary N) is 1. The number of carbonyl (C=O) groups is 2. The zero-order chi connectivity index (χ0) is 23.3. The average molecular weight is 433 g/mol. The van der Waals surface area contributed by atoms with Crippen LogP contribution < -0.4 is 11.1 Å². The molecule has 3 aromatic rings. The maximum Gasteiger partial charge on any atom is 0.267 e. The third-order valence-electron chi connectivity index (χ3n) is 5.05. The molecular formula is C24H24FN5O2. The topological polar surface area (TPSA) is 103 Å². The van der Waals surface area contributed by atoms with Crippen LogP contribution in [0.5, 0.6) is 0 Å². The van der Waals surface area contributed by atoms with Crippen molar-refractivity contribution in [3.8, 4) is 5.69 Å². The fraction of sp³-hybridized carbons (Fsp3) is 0.167. The van der Waals surface area contributed by atoms with Crippen LogP contribution in [0.1, 0.15) is 53.6 Å². The van der Waals surface area contributed by atoms with Gasteiger partial charge in [-0.15, -0.1) is 0 Å². The van der Waals surface area contributed by atoms with E-state index in [2.05, 4.69) is 22.0 Å². The first-order chi connectivity index (χ1) is 15.4. The molecule has 0 fully saturated rings. The van der Waals surface area contributed by atoms with Crippen LogP contribution >= 0.6 is 0 Å². The minimum Gasteiger partial charge on any atom is -0.364 e. The third kappa shape index (κ3) is 4.64. The quantitative estimate of drug-likeness (QED) is 0.527. The molecule has 0 aliphatic rings. The normalized spacial score (nSPS) is 12.3. The highest BCUT2D eigenvalue weighted by Crippen LogP contribution is 2.25. The minimum atomic E-state index is -0.633. The first-order valence-electron chi connectivity index (χ1n) is 10.1. The molecule has 1 unspecified atom stereocenters. The molecule has 0 aliphatic heterocycles. The van der Waals surface area contributed by atoms with Crippen LogP contribution in [-0.2, 0) is 4.79 Å². The van der Waals surface area contributed by atoms with Crippen LogP contribution in [0.4, 0.5) is 4.39 Å². The molecular weight excluding hydrogens is 409 g/mol. The van der Waals surface area contributed by atoms with Gasteiger partial charge in [-0.05, 0) is 61.4 Å². The van der Waals surface area contributed by atoms with Gasteiger partial charge in [0.2, 0.25) is 0 Å². The Labute approximate surface area is 185 Å². The molecule has 7 nitrogen and oxygen atoms in total. The van der Waals surface area contributed by atoms with Gasteiger partial charge in [-0.3, -0.25) is 14.6 Å². The minimum absolute atomic E-state index is 0.135. The summed E-state index contributed by atoms with van der Waals surface area (Å²) >= 11 is 0. The Morgan fingerprint density at radius 1 is 1.28 bits per heavy atom. The Hall–Kier alpha value is -4.07. The van der Waals surface area contributed by atoms with E-state index in [0.717, 1.165) is 5.56 Å². The molecule has 2 heterocycles. The second-order valence-corrected chi connectivity index (χ2v) is 7.01. The summed E-state index contributed by atoms with van der Waals surface area (Å²) in [5.74, 6) is -1.29. The number of amides is 2. The summed E-state index contributed by atoms with van der Waals surface area (Å²) in [6.07, 6.45) is 6.95. The second-order valence-electron chi connectivity index (χ2n) is 7.01. The molecule has 3 rings (SSSR count). The van der Waals surface area contributed by atoms with Crippen molar-refractivity contribution in [3.63, 3.8) is 0 Å². The van der Waals surface area contributed by atoms with Gasteiger partial charge in [0.25, 0.3) is 11.8 Å². The number of nitrogens with two attached hydrogens (primary N) is 1. The van der Waals surface area contributed by atoms with E-state index >= 15 is 0 Å². The summed E-state index contributed by atoms with van der Waals surface area (Å²) in [6, 6.07) is 8.84. The Bertz CT molecular complexity index is 1180. The highest BCUT2D eigenvalue weighted by atomic mass is 19.1. The Balaban J connectivity index is 1.90. The van der Waals surface area contributed by atoms with Crippen molar-refractivity contribution in [1.82, 2.24) is 20.1 Å². The van der Waals surface area contributed by atoms with Gasteiger partial charge in [0, 0.05) is 17.3 Å². The largest absolute Gasteiger partial charge is 0.364 e. The zero-order valence-corrected chi connectivity index (χ0v) is 17.9. The SMILES string of the molecule is C=Cc1c(/C(=C\C)C(=O)NC(CC)c2ccnc(C(N)=O)c2)cnn1-c1ccc(F)cc1. The summed E-state index contributed by atoms with van der Waals surface area (Å²) in [4.78, 5) is 28.6. The van der Waals surface area contributed by atoms with Crippen LogP contribution in [0.15, 0.2) is 61.4 Å². The summed E-state index contributed by atoms with van der Waals surface area (Å²) in [5.41, 5.74) is 8.44. The van der Waals surface area contributed by atoms with E-state index in [0.29, 0.717) is 28.9 Å². The lowest BCUT2D eigenvalue weighted by Gasteiger charge is -2.19. The van der Waals surface area contributed by atoms with Crippen molar-refractivity contribution in [1.29, 1.82) is 0 Å². The van der Waals surface area contributed by atoms with Gasteiger partial charge in [-0.25, -0.2) is 9.07 Å². The fourth-order valence-corrected chi connectivity index (χ4v) is 3.41. The first kappa shape index (κ1) is 22.6. The number of pyridine rings is 1. The summed E-state index contributed by atoms with van der Waals surface area (Å²) in [6.45, 7) is 7.53. The van der Waals surface area contributed by atoms with Gasteiger partial charge in [0.15, 0.2) is 0 Å². The van der Waals surface area contributed by atoms with Crippen LogP contribution in [0, 0.1) is 5.82 Å². The Morgan fingerprint density at radius 3 is 2.59 bits per heavy atom. The van der Waals surface area contributed by atoms with Crippen molar-refractivity contribution >= 4 is 23.5 Å². The summed E-state index contributed by atoms with van der Waals surface area (Å²) in [7, 11) is 0. The zero-order valence-electron chi connectivity index (χ0n) is 17.9. The summed E-state index contributed by atoms with van der Waals surface area (Å²) in [5, 5.41) is 7.37. The van der Waals surface area contributed by atoms with Crippen molar-refractivity contribution in [2.24, 2.45) is 5.73 Å². The lowest BCUT2D eigenvalue weighted by atomic mass is 10.0. The molecule has 3 N–H and O–H groups in total. The van der Waals surface area contributed by atoms with Crippen LogP contribution in [0.2, 0.25) is 0 Å². The molecule has 0 spiro atoms.